The molecule has 3 nitrogen and oxygen atoms in total. The third-order valence-corrected chi connectivity index (χ3v) is 2.61. The molecule has 1 aromatic heterocycles. The summed E-state index contributed by atoms with van der Waals surface area (Å²) in [5.74, 6) is 0.724. The number of nitrogens with zero attached hydrogens (tertiary/aromatic N) is 1. The minimum Gasteiger partial charge on any atom is -0.478 e. The molecule has 0 saturated heterocycles. The molecule has 0 amide bonds. The maximum atomic E-state index is 5.70. The number of hydrogen-bond acceptors (Lipinski definition) is 3. The zero-order chi connectivity index (χ0) is 9.54. The predicted molar refractivity (Wildman–Crippen MR) is 51.1 cm³/mol. The maximum absolute atomic E-state index is 5.70. The van der Waals surface area contributed by atoms with E-state index in [0.29, 0.717) is 6.61 Å². The molecule has 0 saturated carbocycles. The Kier molecular flexibility index (Phi) is 1.61. The Morgan fingerprint density at radius 1 is 1.43 bits per heavy atom. The van der Waals surface area contributed by atoms with Crippen LogP contribution in [0.1, 0.15) is 30.3 Å². The van der Waals surface area contributed by atoms with Crippen molar-refractivity contribution in [3.8, 4) is 5.88 Å². The van der Waals surface area contributed by atoms with Crippen LogP contribution < -0.4 is 4.74 Å². The van der Waals surface area contributed by atoms with Crippen molar-refractivity contribution < 1.29 is 9.47 Å². The highest BCUT2D eigenvalue weighted by atomic mass is 16.5. The van der Waals surface area contributed by atoms with Crippen molar-refractivity contribution >= 4 is 0 Å². The Morgan fingerprint density at radius 3 is 3.14 bits per heavy atom. The quantitative estimate of drug-likeness (QED) is 0.668. The van der Waals surface area contributed by atoms with Gasteiger partial charge in [0.05, 0.1) is 12.2 Å². The Balaban J connectivity index is 2.11. The number of ether oxygens (including phenoxy) is 2. The largest absolute Gasteiger partial charge is 0.478 e. The SMILES string of the molecule is CCOc1nccc2c1C1C=CC2O1. The average molecular weight is 189 g/mol. The summed E-state index contributed by atoms with van der Waals surface area (Å²) in [6.07, 6.45) is 6.12. The summed E-state index contributed by atoms with van der Waals surface area (Å²) in [6, 6.07) is 2.01. The van der Waals surface area contributed by atoms with Crippen molar-refractivity contribution in [3.05, 3.63) is 35.5 Å². The molecule has 2 aliphatic heterocycles. The highest BCUT2D eigenvalue weighted by Crippen LogP contribution is 2.48. The van der Waals surface area contributed by atoms with E-state index in [1.165, 1.54) is 5.56 Å². The fourth-order valence-corrected chi connectivity index (χ4v) is 2.05. The first-order valence-electron chi connectivity index (χ1n) is 4.85. The molecule has 3 heterocycles. The van der Waals surface area contributed by atoms with Gasteiger partial charge in [-0.2, -0.15) is 0 Å². The molecule has 0 aliphatic carbocycles. The van der Waals surface area contributed by atoms with Gasteiger partial charge in [0.1, 0.15) is 12.2 Å². The van der Waals surface area contributed by atoms with Crippen molar-refractivity contribution in [1.29, 1.82) is 0 Å². The van der Waals surface area contributed by atoms with Crippen LogP contribution in [0.5, 0.6) is 5.88 Å². The van der Waals surface area contributed by atoms with Gasteiger partial charge < -0.3 is 9.47 Å². The lowest BCUT2D eigenvalue weighted by Gasteiger charge is -2.11. The molecular formula is C11H11NO2. The van der Waals surface area contributed by atoms with Gasteiger partial charge in [-0.05, 0) is 18.6 Å². The van der Waals surface area contributed by atoms with Gasteiger partial charge in [0.15, 0.2) is 0 Å². The number of rotatable bonds is 2. The zero-order valence-electron chi connectivity index (χ0n) is 7.93. The second kappa shape index (κ2) is 2.82. The summed E-state index contributed by atoms with van der Waals surface area (Å²) in [4.78, 5) is 4.22. The molecule has 2 bridgehead atoms. The van der Waals surface area contributed by atoms with E-state index >= 15 is 0 Å². The lowest BCUT2D eigenvalue weighted by atomic mass is 9.99. The third kappa shape index (κ3) is 0.930. The van der Waals surface area contributed by atoms with E-state index in [0.717, 1.165) is 11.4 Å². The molecule has 0 N–H and O–H groups in total. The second-order valence-electron chi connectivity index (χ2n) is 3.41. The summed E-state index contributed by atoms with van der Waals surface area (Å²) < 4.78 is 11.2. The maximum Gasteiger partial charge on any atom is 0.219 e. The summed E-state index contributed by atoms with van der Waals surface area (Å²) in [5, 5.41) is 0. The van der Waals surface area contributed by atoms with Gasteiger partial charge in [0.2, 0.25) is 5.88 Å². The Hall–Kier alpha value is -1.35. The van der Waals surface area contributed by atoms with E-state index < -0.39 is 0 Å². The van der Waals surface area contributed by atoms with Crippen molar-refractivity contribution in [2.75, 3.05) is 6.61 Å². The molecule has 14 heavy (non-hydrogen) atoms. The van der Waals surface area contributed by atoms with E-state index in [4.69, 9.17) is 9.47 Å². The second-order valence-corrected chi connectivity index (χ2v) is 3.41. The fourth-order valence-electron chi connectivity index (χ4n) is 2.05. The molecular weight excluding hydrogens is 178 g/mol. The molecule has 3 rings (SSSR count). The molecule has 1 aromatic rings. The highest BCUT2D eigenvalue weighted by Gasteiger charge is 2.36. The number of aromatic nitrogens is 1. The van der Waals surface area contributed by atoms with Crippen LogP contribution in [-0.4, -0.2) is 11.6 Å². The number of hydrogen-bond donors (Lipinski definition) is 0. The summed E-state index contributed by atoms with van der Waals surface area (Å²) in [5.41, 5.74) is 2.32. The Labute approximate surface area is 82.4 Å². The molecule has 0 aromatic carbocycles. The highest BCUT2D eigenvalue weighted by molar-refractivity contribution is 5.47. The fraction of sp³-hybridized carbons (Fsp3) is 0.364. The van der Waals surface area contributed by atoms with Crippen LogP contribution in [-0.2, 0) is 4.74 Å². The van der Waals surface area contributed by atoms with Gasteiger partial charge >= 0.3 is 0 Å². The molecule has 2 atom stereocenters. The lowest BCUT2D eigenvalue weighted by molar-refractivity contribution is 0.0866. The normalized spacial score (nSPS) is 26.6. The molecule has 0 radical (unpaired) electrons. The topological polar surface area (TPSA) is 31.4 Å². The standard InChI is InChI=1S/C11H11NO2/c1-2-13-11-10-7(5-6-12-11)8-3-4-9(10)14-8/h3-6,8-9H,2H2,1H3. The van der Waals surface area contributed by atoms with Gasteiger partial charge in [0, 0.05) is 6.20 Å². The Bertz CT molecular complexity index is 400. The first kappa shape index (κ1) is 8.00. The Morgan fingerprint density at radius 2 is 2.29 bits per heavy atom. The van der Waals surface area contributed by atoms with Crippen molar-refractivity contribution in [2.24, 2.45) is 0 Å². The minimum absolute atomic E-state index is 0.0604. The summed E-state index contributed by atoms with van der Waals surface area (Å²) in [7, 11) is 0. The van der Waals surface area contributed by atoms with E-state index in [1.54, 1.807) is 6.20 Å². The van der Waals surface area contributed by atoms with Gasteiger partial charge in [-0.3, -0.25) is 0 Å². The van der Waals surface area contributed by atoms with Crippen LogP contribution in [0.2, 0.25) is 0 Å². The van der Waals surface area contributed by atoms with Crippen LogP contribution in [0, 0.1) is 0 Å². The molecule has 72 valence electrons. The zero-order valence-corrected chi connectivity index (χ0v) is 7.93. The van der Waals surface area contributed by atoms with E-state index in [2.05, 4.69) is 17.1 Å². The van der Waals surface area contributed by atoms with Gasteiger partial charge in [-0.15, -0.1) is 0 Å². The van der Waals surface area contributed by atoms with Crippen molar-refractivity contribution in [3.63, 3.8) is 0 Å². The average Bonchev–Trinajstić information content (AvgIpc) is 2.79. The van der Waals surface area contributed by atoms with Crippen LogP contribution >= 0.6 is 0 Å². The van der Waals surface area contributed by atoms with E-state index in [1.807, 2.05) is 13.0 Å². The summed E-state index contributed by atoms with van der Waals surface area (Å²) in [6.45, 7) is 2.61. The van der Waals surface area contributed by atoms with Gasteiger partial charge in [-0.1, -0.05) is 12.2 Å². The first-order valence-corrected chi connectivity index (χ1v) is 4.85. The predicted octanol–water partition coefficient (Wildman–Crippen LogP) is 2.16. The number of fused-ring (bicyclic) bond motifs is 5. The van der Waals surface area contributed by atoms with Crippen LogP contribution in [0.15, 0.2) is 24.4 Å². The van der Waals surface area contributed by atoms with Crippen LogP contribution in [0.3, 0.4) is 0 Å². The van der Waals surface area contributed by atoms with E-state index in [-0.39, 0.29) is 12.2 Å². The smallest absolute Gasteiger partial charge is 0.219 e. The number of pyridine rings is 1. The van der Waals surface area contributed by atoms with Crippen LogP contribution in [0.25, 0.3) is 0 Å². The first-order chi connectivity index (χ1) is 6.90. The molecule has 2 aliphatic rings. The lowest BCUT2D eigenvalue weighted by Crippen LogP contribution is -2.02. The minimum atomic E-state index is 0.0604. The molecule has 3 heteroatoms. The molecule has 0 spiro atoms. The van der Waals surface area contributed by atoms with E-state index in [9.17, 15) is 0 Å². The van der Waals surface area contributed by atoms with Crippen molar-refractivity contribution in [1.82, 2.24) is 4.98 Å². The molecule has 2 unspecified atom stereocenters. The van der Waals surface area contributed by atoms with Gasteiger partial charge in [0.25, 0.3) is 0 Å². The summed E-state index contributed by atoms with van der Waals surface area (Å²) >= 11 is 0. The van der Waals surface area contributed by atoms with Crippen molar-refractivity contribution in [2.45, 2.75) is 19.1 Å². The van der Waals surface area contributed by atoms with Gasteiger partial charge in [-0.25, -0.2) is 4.98 Å². The van der Waals surface area contributed by atoms with Crippen LogP contribution in [0.4, 0.5) is 0 Å². The monoisotopic (exact) mass is 189 g/mol. The third-order valence-electron chi connectivity index (χ3n) is 2.61. The molecule has 0 fully saturated rings.